The number of nitrogens with zero attached hydrogens (tertiary/aromatic N) is 1. The minimum Gasteiger partial charge on any atom is -0.378 e. The van der Waals surface area contributed by atoms with Crippen LogP contribution in [0.25, 0.3) is 0 Å². The fraction of sp³-hybridized carbons (Fsp3) is 0.529. The average molecular weight is 297 g/mol. The van der Waals surface area contributed by atoms with Crippen LogP contribution in [-0.2, 0) is 12.6 Å². The van der Waals surface area contributed by atoms with E-state index in [1.165, 1.54) is 12.1 Å². The summed E-state index contributed by atoms with van der Waals surface area (Å²) in [6, 6.07) is 5.54. The van der Waals surface area contributed by atoms with Crippen molar-refractivity contribution in [2.24, 2.45) is 5.92 Å². The van der Waals surface area contributed by atoms with Gasteiger partial charge in [-0.15, -0.1) is 0 Å². The van der Waals surface area contributed by atoms with Crippen molar-refractivity contribution in [1.82, 2.24) is 4.90 Å². The van der Waals surface area contributed by atoms with Gasteiger partial charge in [0.15, 0.2) is 0 Å². The second-order valence-corrected chi connectivity index (χ2v) is 5.66. The van der Waals surface area contributed by atoms with E-state index in [1.54, 1.807) is 12.1 Å². The van der Waals surface area contributed by atoms with Crippen LogP contribution < -0.4 is 0 Å². The lowest BCUT2D eigenvalue weighted by atomic mass is 9.94. The molecule has 2 rings (SSSR count). The number of hydrogen-bond acceptors (Lipinski definition) is 1. The van der Waals surface area contributed by atoms with E-state index in [4.69, 9.17) is 0 Å². The summed E-state index contributed by atoms with van der Waals surface area (Å²) < 4.78 is 37.4. The Morgan fingerprint density at radius 3 is 2.43 bits per heavy atom. The molecule has 0 spiro atoms. The highest BCUT2D eigenvalue weighted by atomic mass is 19.4. The van der Waals surface area contributed by atoms with Gasteiger partial charge in [-0.3, -0.25) is 0 Å². The van der Waals surface area contributed by atoms with Crippen LogP contribution in [0.1, 0.15) is 37.3 Å². The third-order valence-electron chi connectivity index (χ3n) is 3.95. The molecule has 0 aromatic heterocycles. The second-order valence-electron chi connectivity index (χ2n) is 5.66. The summed E-state index contributed by atoms with van der Waals surface area (Å²) in [4.78, 5) is 2.33. The zero-order chi connectivity index (χ0) is 15.3. The topological polar surface area (TPSA) is 3.24 Å². The summed E-state index contributed by atoms with van der Waals surface area (Å²) in [6.45, 7) is 4.36. The van der Waals surface area contributed by atoms with Crippen LogP contribution in [-0.4, -0.2) is 18.0 Å². The van der Waals surface area contributed by atoms with Crippen LogP contribution in [0, 0.1) is 5.92 Å². The lowest BCUT2D eigenvalue weighted by Gasteiger charge is -2.27. The first-order valence-electron chi connectivity index (χ1n) is 7.57. The quantitative estimate of drug-likeness (QED) is 0.748. The Morgan fingerprint density at radius 1 is 1.19 bits per heavy atom. The van der Waals surface area contributed by atoms with Gasteiger partial charge in [0.25, 0.3) is 0 Å². The molecular weight excluding hydrogens is 275 g/mol. The zero-order valence-electron chi connectivity index (χ0n) is 12.4. The first-order valence-corrected chi connectivity index (χ1v) is 7.57. The zero-order valence-corrected chi connectivity index (χ0v) is 12.4. The van der Waals surface area contributed by atoms with Crippen molar-refractivity contribution in [2.75, 3.05) is 13.1 Å². The molecule has 1 aliphatic rings. The normalized spacial score (nSPS) is 19.0. The van der Waals surface area contributed by atoms with Crippen molar-refractivity contribution in [2.45, 2.75) is 38.8 Å². The highest BCUT2D eigenvalue weighted by molar-refractivity contribution is 5.24. The highest BCUT2D eigenvalue weighted by Crippen LogP contribution is 2.29. The fourth-order valence-electron chi connectivity index (χ4n) is 2.67. The van der Waals surface area contributed by atoms with Gasteiger partial charge >= 0.3 is 6.18 Å². The van der Waals surface area contributed by atoms with Gasteiger partial charge in [-0.1, -0.05) is 25.1 Å². The minimum atomic E-state index is -4.24. The molecule has 1 aromatic rings. The van der Waals surface area contributed by atoms with Crippen molar-refractivity contribution >= 4 is 0 Å². The molecule has 0 fully saturated rings. The van der Waals surface area contributed by atoms with Crippen LogP contribution >= 0.6 is 0 Å². The molecule has 1 atom stereocenters. The summed E-state index contributed by atoms with van der Waals surface area (Å²) in [5.74, 6) is 0.542. The maximum absolute atomic E-state index is 12.5. The molecule has 0 N–H and O–H groups in total. The number of benzene rings is 1. The maximum Gasteiger partial charge on any atom is 0.416 e. The van der Waals surface area contributed by atoms with Crippen molar-refractivity contribution in [1.29, 1.82) is 0 Å². The lowest BCUT2D eigenvalue weighted by molar-refractivity contribution is -0.137. The van der Waals surface area contributed by atoms with Gasteiger partial charge in [0.05, 0.1) is 5.56 Å². The first-order chi connectivity index (χ1) is 9.99. The standard InChI is InChI=1S/C17H22F3N/c1-2-11-21-12-9-15(10-13-21)4-3-14-5-7-16(8-6-14)17(18,19)20/h5-9,12,15H,2-4,10-11,13H2,1H3/t15-/m1/s1. The van der Waals surface area contributed by atoms with Crippen molar-refractivity contribution in [3.63, 3.8) is 0 Å². The highest BCUT2D eigenvalue weighted by Gasteiger charge is 2.29. The third kappa shape index (κ3) is 4.80. The Morgan fingerprint density at radius 2 is 1.90 bits per heavy atom. The Bertz CT molecular complexity index is 462. The molecule has 1 heterocycles. The van der Waals surface area contributed by atoms with Crippen LogP contribution in [0.15, 0.2) is 36.5 Å². The number of allylic oxidation sites excluding steroid dienone is 1. The van der Waals surface area contributed by atoms with E-state index in [-0.39, 0.29) is 0 Å². The third-order valence-corrected chi connectivity index (χ3v) is 3.95. The van der Waals surface area contributed by atoms with Gasteiger partial charge in [0.2, 0.25) is 0 Å². The summed E-state index contributed by atoms with van der Waals surface area (Å²) >= 11 is 0. The minimum absolute atomic E-state index is 0.542. The molecule has 0 saturated heterocycles. The van der Waals surface area contributed by atoms with Crippen molar-refractivity contribution in [3.8, 4) is 0 Å². The molecule has 0 unspecified atom stereocenters. The van der Waals surface area contributed by atoms with E-state index in [2.05, 4.69) is 24.1 Å². The van der Waals surface area contributed by atoms with Gasteiger partial charge in [-0.05, 0) is 55.5 Å². The predicted octanol–water partition coefficient (Wildman–Crippen LogP) is 4.88. The SMILES string of the molecule is CCCN1C=C[C@@H](CCc2ccc(C(F)(F)F)cc2)CC1. The Balaban J connectivity index is 1.83. The molecule has 0 bridgehead atoms. The number of rotatable bonds is 5. The van der Waals surface area contributed by atoms with E-state index >= 15 is 0 Å². The van der Waals surface area contributed by atoms with E-state index in [0.29, 0.717) is 5.92 Å². The van der Waals surface area contributed by atoms with Gasteiger partial charge in [-0.2, -0.15) is 13.2 Å². The molecule has 0 aliphatic carbocycles. The largest absolute Gasteiger partial charge is 0.416 e. The molecule has 1 nitrogen and oxygen atoms in total. The summed E-state index contributed by atoms with van der Waals surface area (Å²) in [6.07, 6.45) is 4.29. The molecule has 1 aliphatic heterocycles. The average Bonchev–Trinajstić information content (AvgIpc) is 2.46. The number of halogens is 3. The Kier molecular flexibility index (Phi) is 5.32. The number of hydrogen-bond donors (Lipinski definition) is 0. The number of aryl methyl sites for hydroxylation is 1. The van der Waals surface area contributed by atoms with Crippen LogP contribution in [0.3, 0.4) is 0 Å². The van der Waals surface area contributed by atoms with E-state index in [1.807, 2.05) is 0 Å². The molecule has 0 radical (unpaired) electrons. The van der Waals surface area contributed by atoms with Crippen molar-refractivity contribution in [3.05, 3.63) is 47.7 Å². The summed E-state index contributed by atoms with van der Waals surface area (Å²) in [7, 11) is 0. The molecule has 21 heavy (non-hydrogen) atoms. The predicted molar refractivity (Wildman–Crippen MR) is 78.9 cm³/mol. The Hall–Kier alpha value is -1.45. The molecule has 0 amide bonds. The second kappa shape index (κ2) is 7.01. The van der Waals surface area contributed by atoms with Crippen LogP contribution in [0.2, 0.25) is 0 Å². The molecular formula is C17H22F3N. The summed E-state index contributed by atoms with van der Waals surface area (Å²) in [5.41, 5.74) is 0.409. The van der Waals surface area contributed by atoms with Gasteiger partial charge in [0, 0.05) is 13.1 Å². The van der Waals surface area contributed by atoms with Gasteiger partial charge in [-0.25, -0.2) is 0 Å². The molecule has 1 aromatic carbocycles. The first kappa shape index (κ1) is 15.9. The van der Waals surface area contributed by atoms with Crippen LogP contribution in [0.4, 0.5) is 13.2 Å². The molecule has 0 saturated carbocycles. The monoisotopic (exact) mass is 297 g/mol. The van der Waals surface area contributed by atoms with Gasteiger partial charge in [0.1, 0.15) is 0 Å². The van der Waals surface area contributed by atoms with Crippen molar-refractivity contribution < 1.29 is 13.2 Å². The fourth-order valence-corrected chi connectivity index (χ4v) is 2.67. The Labute approximate surface area is 124 Å². The number of alkyl halides is 3. The smallest absolute Gasteiger partial charge is 0.378 e. The molecule has 116 valence electrons. The molecule has 4 heteroatoms. The van der Waals surface area contributed by atoms with E-state index < -0.39 is 11.7 Å². The van der Waals surface area contributed by atoms with Crippen LogP contribution in [0.5, 0.6) is 0 Å². The van der Waals surface area contributed by atoms with Gasteiger partial charge < -0.3 is 4.90 Å². The summed E-state index contributed by atoms with van der Waals surface area (Å²) in [5, 5.41) is 0. The maximum atomic E-state index is 12.5. The van der Waals surface area contributed by atoms with E-state index in [0.717, 1.165) is 44.3 Å². The van der Waals surface area contributed by atoms with E-state index in [9.17, 15) is 13.2 Å². The lowest BCUT2D eigenvalue weighted by Crippen LogP contribution is -2.25.